The van der Waals surface area contributed by atoms with E-state index in [0.717, 1.165) is 43.9 Å². The highest BCUT2D eigenvalue weighted by molar-refractivity contribution is 7.15. The summed E-state index contributed by atoms with van der Waals surface area (Å²) in [5, 5.41) is 6.46. The van der Waals surface area contributed by atoms with Crippen LogP contribution in [-0.2, 0) is 0 Å². The van der Waals surface area contributed by atoms with Crippen molar-refractivity contribution >= 4 is 33.4 Å². The Morgan fingerprint density at radius 1 is 0.643 bits per heavy atom. The number of ether oxygens (including phenoxy) is 4. The SMILES string of the molecule is c1ccc2c(-c3scc4c3OCCO4)c(-c3scc4c3OCCO4)ccc2c1. The van der Waals surface area contributed by atoms with Crippen LogP contribution < -0.4 is 18.9 Å². The van der Waals surface area contributed by atoms with Crippen LogP contribution in [0.15, 0.2) is 47.2 Å². The summed E-state index contributed by atoms with van der Waals surface area (Å²) in [4.78, 5) is 2.19. The van der Waals surface area contributed by atoms with E-state index >= 15 is 0 Å². The average molecular weight is 409 g/mol. The largest absolute Gasteiger partial charge is 0.485 e. The molecule has 2 aliphatic heterocycles. The van der Waals surface area contributed by atoms with Gasteiger partial charge in [0.05, 0.1) is 9.75 Å². The van der Waals surface area contributed by atoms with Gasteiger partial charge in [0.15, 0.2) is 23.0 Å². The van der Waals surface area contributed by atoms with Crippen LogP contribution >= 0.6 is 22.7 Å². The first-order valence-corrected chi connectivity index (χ1v) is 10.9. The lowest BCUT2D eigenvalue weighted by Crippen LogP contribution is -2.14. The van der Waals surface area contributed by atoms with Gasteiger partial charge >= 0.3 is 0 Å². The fraction of sp³-hybridized carbons (Fsp3) is 0.182. The Kier molecular flexibility index (Phi) is 3.74. The Labute approximate surface area is 169 Å². The third-order valence-electron chi connectivity index (χ3n) is 5.00. The number of fused-ring (bicyclic) bond motifs is 3. The van der Waals surface area contributed by atoms with Gasteiger partial charge in [-0.05, 0) is 10.8 Å². The predicted molar refractivity (Wildman–Crippen MR) is 113 cm³/mol. The van der Waals surface area contributed by atoms with Crippen LogP contribution in [0.2, 0.25) is 0 Å². The highest BCUT2D eigenvalue weighted by atomic mass is 32.1. The molecule has 2 aromatic carbocycles. The van der Waals surface area contributed by atoms with E-state index in [1.165, 1.54) is 10.8 Å². The zero-order valence-corrected chi connectivity index (χ0v) is 16.5. The summed E-state index contributed by atoms with van der Waals surface area (Å²) in [5.41, 5.74) is 2.29. The summed E-state index contributed by atoms with van der Waals surface area (Å²) in [5.74, 6) is 3.35. The summed E-state index contributed by atoms with van der Waals surface area (Å²) in [6, 6.07) is 12.8. The van der Waals surface area contributed by atoms with E-state index in [1.54, 1.807) is 22.7 Å². The van der Waals surface area contributed by atoms with Gasteiger partial charge in [0.2, 0.25) is 0 Å². The molecule has 6 heteroatoms. The Hall–Kier alpha value is -2.70. The van der Waals surface area contributed by atoms with Crippen molar-refractivity contribution in [3.8, 4) is 43.9 Å². The first kappa shape index (κ1) is 16.3. The standard InChI is InChI=1S/C22H16O4S2/c1-2-4-14-13(3-1)5-6-15(21-19-16(11-27-21)23-7-9-25-19)18(14)22-20-17(12-28-22)24-8-10-26-20/h1-6,11-12H,7-10H2. The van der Waals surface area contributed by atoms with Crippen LogP contribution in [0.25, 0.3) is 31.7 Å². The maximum Gasteiger partial charge on any atom is 0.179 e. The summed E-state index contributed by atoms with van der Waals surface area (Å²) in [6.45, 7) is 2.33. The summed E-state index contributed by atoms with van der Waals surface area (Å²) >= 11 is 3.32. The zero-order chi connectivity index (χ0) is 18.5. The number of rotatable bonds is 2. The van der Waals surface area contributed by atoms with Gasteiger partial charge in [-0.15, -0.1) is 22.7 Å². The molecule has 6 rings (SSSR count). The maximum absolute atomic E-state index is 6.02. The van der Waals surface area contributed by atoms with Gasteiger partial charge in [-0.3, -0.25) is 0 Å². The first-order valence-electron chi connectivity index (χ1n) is 9.17. The Morgan fingerprint density at radius 2 is 1.29 bits per heavy atom. The molecule has 0 atom stereocenters. The lowest BCUT2D eigenvalue weighted by atomic mass is 9.96. The topological polar surface area (TPSA) is 36.9 Å². The van der Waals surface area contributed by atoms with E-state index in [0.29, 0.717) is 26.4 Å². The van der Waals surface area contributed by atoms with E-state index in [9.17, 15) is 0 Å². The van der Waals surface area contributed by atoms with Crippen molar-refractivity contribution in [1.29, 1.82) is 0 Å². The van der Waals surface area contributed by atoms with Gasteiger partial charge in [-0.1, -0.05) is 36.4 Å². The van der Waals surface area contributed by atoms with Crippen LogP contribution in [-0.4, -0.2) is 26.4 Å². The average Bonchev–Trinajstić information content (AvgIpc) is 3.37. The third kappa shape index (κ3) is 2.41. The minimum absolute atomic E-state index is 0.572. The quantitative estimate of drug-likeness (QED) is 0.418. The highest BCUT2D eigenvalue weighted by Crippen LogP contribution is 2.54. The fourth-order valence-corrected chi connectivity index (χ4v) is 5.76. The number of hydrogen-bond donors (Lipinski definition) is 0. The molecule has 4 nitrogen and oxygen atoms in total. The van der Waals surface area contributed by atoms with Gasteiger partial charge in [0.1, 0.15) is 26.4 Å². The van der Waals surface area contributed by atoms with Gasteiger partial charge in [0.25, 0.3) is 0 Å². The molecule has 4 heterocycles. The van der Waals surface area contributed by atoms with Gasteiger partial charge in [-0.25, -0.2) is 0 Å². The number of hydrogen-bond acceptors (Lipinski definition) is 6. The minimum Gasteiger partial charge on any atom is -0.485 e. The van der Waals surface area contributed by atoms with Gasteiger partial charge < -0.3 is 18.9 Å². The molecular weight excluding hydrogens is 392 g/mol. The molecule has 28 heavy (non-hydrogen) atoms. The van der Waals surface area contributed by atoms with Crippen molar-refractivity contribution in [2.75, 3.05) is 26.4 Å². The molecule has 0 radical (unpaired) electrons. The van der Waals surface area contributed by atoms with Crippen LogP contribution in [0.4, 0.5) is 0 Å². The van der Waals surface area contributed by atoms with Crippen LogP contribution in [0.3, 0.4) is 0 Å². The number of thiophene rings is 2. The molecule has 0 fully saturated rings. The second-order valence-corrected chi connectivity index (χ2v) is 8.38. The molecule has 140 valence electrons. The van der Waals surface area contributed by atoms with Crippen molar-refractivity contribution in [2.24, 2.45) is 0 Å². The molecule has 4 aromatic rings. The Bertz CT molecular complexity index is 1190. The minimum atomic E-state index is 0.572. The second-order valence-electron chi connectivity index (χ2n) is 6.62. The van der Waals surface area contributed by atoms with Crippen molar-refractivity contribution in [2.45, 2.75) is 0 Å². The highest BCUT2D eigenvalue weighted by Gasteiger charge is 2.27. The summed E-state index contributed by atoms with van der Waals surface area (Å²) < 4.78 is 23.6. The maximum atomic E-state index is 6.02. The van der Waals surface area contributed by atoms with Gasteiger partial charge in [-0.2, -0.15) is 0 Å². The lowest BCUT2D eigenvalue weighted by Gasteiger charge is -2.19. The lowest BCUT2D eigenvalue weighted by molar-refractivity contribution is 0.174. The zero-order valence-electron chi connectivity index (χ0n) is 14.9. The molecule has 2 aromatic heterocycles. The molecule has 0 spiro atoms. The van der Waals surface area contributed by atoms with Crippen LogP contribution in [0.1, 0.15) is 0 Å². The van der Waals surface area contributed by atoms with E-state index in [1.807, 2.05) is 10.8 Å². The summed E-state index contributed by atoms with van der Waals surface area (Å²) in [6.07, 6.45) is 0. The molecule has 0 aliphatic carbocycles. The molecular formula is C22H16O4S2. The first-order chi connectivity index (χ1) is 13.9. The van der Waals surface area contributed by atoms with Crippen molar-refractivity contribution < 1.29 is 18.9 Å². The van der Waals surface area contributed by atoms with Crippen LogP contribution in [0.5, 0.6) is 23.0 Å². The molecule has 2 aliphatic rings. The van der Waals surface area contributed by atoms with Crippen molar-refractivity contribution in [1.82, 2.24) is 0 Å². The van der Waals surface area contributed by atoms with E-state index in [2.05, 4.69) is 36.4 Å². The molecule has 0 N–H and O–H groups in total. The molecule has 0 saturated heterocycles. The fourth-order valence-electron chi connectivity index (χ4n) is 3.79. The van der Waals surface area contributed by atoms with E-state index in [4.69, 9.17) is 18.9 Å². The van der Waals surface area contributed by atoms with E-state index < -0.39 is 0 Å². The molecule has 0 amide bonds. The van der Waals surface area contributed by atoms with Crippen LogP contribution in [0, 0.1) is 0 Å². The van der Waals surface area contributed by atoms with E-state index in [-0.39, 0.29) is 0 Å². The van der Waals surface area contributed by atoms with Crippen molar-refractivity contribution in [3.63, 3.8) is 0 Å². The number of benzene rings is 2. The third-order valence-corrected chi connectivity index (χ3v) is 6.93. The Balaban J connectivity index is 1.66. The Morgan fingerprint density at radius 3 is 2.07 bits per heavy atom. The summed E-state index contributed by atoms with van der Waals surface area (Å²) in [7, 11) is 0. The predicted octanol–water partition coefficient (Wildman–Crippen LogP) is 5.84. The monoisotopic (exact) mass is 408 g/mol. The second kappa shape index (κ2) is 6.43. The normalized spacial score (nSPS) is 15.0. The molecule has 0 unspecified atom stereocenters. The van der Waals surface area contributed by atoms with Crippen molar-refractivity contribution in [3.05, 3.63) is 47.2 Å². The van der Waals surface area contributed by atoms with Gasteiger partial charge in [0, 0.05) is 21.9 Å². The molecule has 0 saturated carbocycles. The molecule has 0 bridgehead atoms. The smallest absolute Gasteiger partial charge is 0.179 e.